The number of H-pyrrole nitrogens is 1. The van der Waals surface area contributed by atoms with Crippen LogP contribution in [0.3, 0.4) is 0 Å². The molecule has 1 aliphatic carbocycles. The SMILES string of the molecule is Cc1ccc(C(=O)N(C)[C@@H]2CCc3ccccc32)c(=O)[nH]1. The Morgan fingerprint density at radius 1 is 1.24 bits per heavy atom. The van der Waals surface area contributed by atoms with Gasteiger partial charge in [0.25, 0.3) is 11.5 Å². The maximum absolute atomic E-state index is 12.6. The van der Waals surface area contributed by atoms with Gasteiger partial charge in [-0.15, -0.1) is 0 Å². The Morgan fingerprint density at radius 3 is 2.76 bits per heavy atom. The summed E-state index contributed by atoms with van der Waals surface area (Å²) in [5.74, 6) is -0.224. The Morgan fingerprint density at radius 2 is 2.00 bits per heavy atom. The first kappa shape index (κ1) is 13.6. The van der Waals surface area contributed by atoms with Gasteiger partial charge in [0.1, 0.15) is 5.56 Å². The van der Waals surface area contributed by atoms with Crippen LogP contribution >= 0.6 is 0 Å². The molecule has 1 aromatic carbocycles. The second kappa shape index (κ2) is 5.20. The van der Waals surface area contributed by atoms with Gasteiger partial charge in [-0.2, -0.15) is 0 Å². The van der Waals surface area contributed by atoms with Gasteiger partial charge in [0, 0.05) is 12.7 Å². The highest BCUT2D eigenvalue weighted by molar-refractivity contribution is 5.94. The van der Waals surface area contributed by atoms with Crippen molar-refractivity contribution < 1.29 is 4.79 Å². The number of benzene rings is 1. The van der Waals surface area contributed by atoms with Crippen molar-refractivity contribution in [3.63, 3.8) is 0 Å². The molecule has 3 rings (SSSR count). The van der Waals surface area contributed by atoms with Crippen molar-refractivity contribution in [1.29, 1.82) is 0 Å². The van der Waals surface area contributed by atoms with E-state index in [-0.39, 0.29) is 23.1 Å². The molecule has 1 N–H and O–H groups in total. The fourth-order valence-electron chi connectivity index (χ4n) is 3.01. The van der Waals surface area contributed by atoms with Crippen LogP contribution in [0.4, 0.5) is 0 Å². The number of aromatic nitrogens is 1. The standard InChI is InChI=1S/C17H18N2O2/c1-11-7-9-14(16(20)18-11)17(21)19(2)15-10-8-12-5-3-4-6-13(12)15/h3-7,9,15H,8,10H2,1-2H3,(H,18,20)/t15-/m1/s1. The summed E-state index contributed by atoms with van der Waals surface area (Å²) in [6.45, 7) is 1.80. The molecule has 0 saturated carbocycles. The van der Waals surface area contributed by atoms with Gasteiger partial charge in [0.15, 0.2) is 0 Å². The molecule has 1 amide bonds. The van der Waals surface area contributed by atoms with Crippen molar-refractivity contribution in [3.8, 4) is 0 Å². The molecule has 1 aromatic heterocycles. The summed E-state index contributed by atoms with van der Waals surface area (Å²) >= 11 is 0. The second-order valence-electron chi connectivity index (χ2n) is 5.55. The van der Waals surface area contributed by atoms with E-state index >= 15 is 0 Å². The molecule has 108 valence electrons. The van der Waals surface area contributed by atoms with Gasteiger partial charge in [-0.25, -0.2) is 0 Å². The Labute approximate surface area is 123 Å². The number of aryl methyl sites for hydroxylation is 2. The van der Waals surface area contributed by atoms with Crippen molar-refractivity contribution in [3.05, 3.63) is 69.1 Å². The van der Waals surface area contributed by atoms with Crippen LogP contribution in [0, 0.1) is 6.92 Å². The number of pyridine rings is 1. The summed E-state index contributed by atoms with van der Waals surface area (Å²) in [6.07, 6.45) is 1.88. The number of nitrogens with zero attached hydrogens (tertiary/aromatic N) is 1. The maximum atomic E-state index is 12.6. The summed E-state index contributed by atoms with van der Waals surface area (Å²) in [6, 6.07) is 11.6. The summed E-state index contributed by atoms with van der Waals surface area (Å²) in [5, 5.41) is 0. The number of fused-ring (bicyclic) bond motifs is 1. The van der Waals surface area contributed by atoms with Gasteiger partial charge in [-0.05, 0) is 43.0 Å². The van der Waals surface area contributed by atoms with Gasteiger partial charge in [-0.1, -0.05) is 24.3 Å². The largest absolute Gasteiger partial charge is 0.334 e. The molecule has 2 aromatic rings. The zero-order valence-electron chi connectivity index (χ0n) is 12.2. The molecule has 0 unspecified atom stereocenters. The minimum atomic E-state index is -0.321. The summed E-state index contributed by atoms with van der Waals surface area (Å²) < 4.78 is 0. The van der Waals surface area contributed by atoms with E-state index in [0.717, 1.165) is 18.5 Å². The highest BCUT2D eigenvalue weighted by Gasteiger charge is 2.29. The van der Waals surface area contributed by atoms with Crippen molar-refractivity contribution >= 4 is 5.91 Å². The predicted octanol–water partition coefficient (Wildman–Crippen LogP) is 2.44. The minimum Gasteiger partial charge on any atom is -0.334 e. The Balaban J connectivity index is 1.91. The maximum Gasteiger partial charge on any atom is 0.260 e. The first-order valence-electron chi connectivity index (χ1n) is 7.13. The van der Waals surface area contributed by atoms with Gasteiger partial charge in [0.2, 0.25) is 0 Å². The lowest BCUT2D eigenvalue weighted by Gasteiger charge is -2.25. The predicted molar refractivity (Wildman–Crippen MR) is 81.4 cm³/mol. The van der Waals surface area contributed by atoms with Crippen LogP contribution in [0.2, 0.25) is 0 Å². The normalized spacial score (nSPS) is 16.6. The number of amides is 1. The van der Waals surface area contributed by atoms with E-state index in [9.17, 15) is 9.59 Å². The fourth-order valence-corrected chi connectivity index (χ4v) is 3.01. The molecular formula is C17H18N2O2. The molecule has 1 aliphatic rings. The lowest BCUT2D eigenvalue weighted by molar-refractivity contribution is 0.0728. The Kier molecular flexibility index (Phi) is 3.37. The molecule has 0 aliphatic heterocycles. The molecule has 0 bridgehead atoms. The quantitative estimate of drug-likeness (QED) is 0.919. The van der Waals surface area contributed by atoms with Crippen molar-refractivity contribution in [1.82, 2.24) is 9.88 Å². The smallest absolute Gasteiger partial charge is 0.260 e. The lowest BCUT2D eigenvalue weighted by atomic mass is 10.1. The van der Waals surface area contributed by atoms with Crippen LogP contribution < -0.4 is 5.56 Å². The van der Waals surface area contributed by atoms with Gasteiger partial charge in [0.05, 0.1) is 6.04 Å². The van der Waals surface area contributed by atoms with E-state index in [2.05, 4.69) is 17.1 Å². The van der Waals surface area contributed by atoms with E-state index in [4.69, 9.17) is 0 Å². The second-order valence-corrected chi connectivity index (χ2v) is 5.55. The average Bonchev–Trinajstić information content (AvgIpc) is 2.90. The summed E-state index contributed by atoms with van der Waals surface area (Å²) in [4.78, 5) is 28.9. The molecule has 1 atom stereocenters. The Hall–Kier alpha value is -2.36. The molecule has 4 nitrogen and oxygen atoms in total. The van der Waals surface area contributed by atoms with E-state index in [1.54, 1.807) is 31.0 Å². The Bertz CT molecular complexity index is 748. The summed E-state index contributed by atoms with van der Waals surface area (Å²) in [7, 11) is 1.77. The number of hydrogen-bond acceptors (Lipinski definition) is 2. The van der Waals surface area contributed by atoms with E-state index < -0.39 is 0 Å². The molecule has 0 radical (unpaired) electrons. The van der Waals surface area contributed by atoms with Crippen LogP contribution in [0.25, 0.3) is 0 Å². The zero-order chi connectivity index (χ0) is 15.0. The highest BCUT2D eigenvalue weighted by Crippen LogP contribution is 2.35. The molecule has 21 heavy (non-hydrogen) atoms. The third-order valence-electron chi connectivity index (χ3n) is 4.17. The highest BCUT2D eigenvalue weighted by atomic mass is 16.2. The lowest BCUT2D eigenvalue weighted by Crippen LogP contribution is -2.34. The third-order valence-corrected chi connectivity index (χ3v) is 4.17. The van der Waals surface area contributed by atoms with Crippen molar-refractivity contribution in [2.45, 2.75) is 25.8 Å². The fraction of sp³-hybridized carbons (Fsp3) is 0.294. The number of carbonyl (C=O) groups is 1. The van der Waals surface area contributed by atoms with Gasteiger partial charge in [-0.3, -0.25) is 9.59 Å². The van der Waals surface area contributed by atoms with Crippen LogP contribution in [0.5, 0.6) is 0 Å². The summed E-state index contributed by atoms with van der Waals surface area (Å²) in [5.41, 5.74) is 3.12. The molecule has 0 saturated heterocycles. The van der Waals surface area contributed by atoms with Crippen LogP contribution in [0.15, 0.2) is 41.2 Å². The third kappa shape index (κ3) is 2.37. The van der Waals surface area contributed by atoms with Crippen LogP contribution in [-0.2, 0) is 6.42 Å². The number of carbonyl (C=O) groups excluding carboxylic acids is 1. The molecular weight excluding hydrogens is 264 g/mol. The number of nitrogens with one attached hydrogen (secondary N) is 1. The first-order chi connectivity index (χ1) is 10.1. The topological polar surface area (TPSA) is 53.2 Å². The first-order valence-corrected chi connectivity index (χ1v) is 7.13. The van der Waals surface area contributed by atoms with Gasteiger partial charge >= 0.3 is 0 Å². The van der Waals surface area contributed by atoms with E-state index in [0.29, 0.717) is 0 Å². The monoisotopic (exact) mass is 282 g/mol. The van der Waals surface area contributed by atoms with Crippen molar-refractivity contribution in [2.75, 3.05) is 7.05 Å². The molecule has 4 heteroatoms. The van der Waals surface area contributed by atoms with E-state index in [1.165, 1.54) is 11.1 Å². The van der Waals surface area contributed by atoms with Crippen molar-refractivity contribution in [2.24, 2.45) is 0 Å². The van der Waals surface area contributed by atoms with Crippen LogP contribution in [-0.4, -0.2) is 22.8 Å². The molecule has 1 heterocycles. The average molecular weight is 282 g/mol. The molecule has 0 spiro atoms. The van der Waals surface area contributed by atoms with E-state index in [1.807, 2.05) is 12.1 Å². The molecule has 0 fully saturated rings. The zero-order valence-corrected chi connectivity index (χ0v) is 12.2. The van der Waals surface area contributed by atoms with Gasteiger partial charge < -0.3 is 9.88 Å². The number of rotatable bonds is 2. The number of hydrogen-bond donors (Lipinski definition) is 1. The number of aromatic amines is 1. The van der Waals surface area contributed by atoms with Crippen LogP contribution in [0.1, 0.15) is 39.6 Å². The minimum absolute atomic E-state index is 0.0504.